The molecule has 0 radical (unpaired) electrons. The van der Waals surface area contributed by atoms with Crippen molar-refractivity contribution in [3.8, 4) is 0 Å². The fourth-order valence-corrected chi connectivity index (χ4v) is 2.29. The Morgan fingerprint density at radius 1 is 1.20 bits per heavy atom. The summed E-state index contributed by atoms with van der Waals surface area (Å²) in [5.41, 5.74) is 2.69. The van der Waals surface area contributed by atoms with Gasteiger partial charge in [0.15, 0.2) is 0 Å². The van der Waals surface area contributed by atoms with Gasteiger partial charge in [0.2, 0.25) is 0 Å². The fourth-order valence-electron chi connectivity index (χ4n) is 1.89. The van der Waals surface area contributed by atoms with Crippen molar-refractivity contribution >= 4 is 26.8 Å². The number of alkyl halides is 1. The van der Waals surface area contributed by atoms with E-state index in [0.717, 1.165) is 11.9 Å². The van der Waals surface area contributed by atoms with E-state index in [1.807, 2.05) is 0 Å². The van der Waals surface area contributed by atoms with E-state index in [1.54, 1.807) is 0 Å². The van der Waals surface area contributed by atoms with Gasteiger partial charge in [0.1, 0.15) is 0 Å². The third-order valence-corrected chi connectivity index (χ3v) is 3.27. The van der Waals surface area contributed by atoms with Crippen molar-refractivity contribution in [2.45, 2.75) is 26.3 Å². The summed E-state index contributed by atoms with van der Waals surface area (Å²) in [5, 5.41) is 2.46. The summed E-state index contributed by atoms with van der Waals surface area (Å²) in [6.07, 6.45) is 4.67. The number of unbranched alkanes of at least 4 members (excludes halogenated alkanes) is 1. The predicted molar refractivity (Wildman–Crippen MR) is 69.7 cm³/mol. The van der Waals surface area contributed by atoms with Crippen LogP contribution in [0, 0.1) is 6.92 Å². The van der Waals surface area contributed by atoms with E-state index in [-0.39, 0.29) is 0 Å². The second-order valence-electron chi connectivity index (χ2n) is 3.97. The summed E-state index contributed by atoms with van der Waals surface area (Å²) >= 11 is 3.46. The first kappa shape index (κ1) is 10.7. The molecule has 0 aliphatic rings. The molecule has 2 heteroatoms. The zero-order valence-electron chi connectivity index (χ0n) is 9.04. The minimum absolute atomic E-state index is 1.10. The second kappa shape index (κ2) is 4.84. The van der Waals surface area contributed by atoms with Crippen LogP contribution in [-0.4, -0.2) is 9.90 Å². The molecule has 0 unspecified atom stereocenters. The zero-order chi connectivity index (χ0) is 10.7. The van der Waals surface area contributed by atoms with E-state index >= 15 is 0 Å². The van der Waals surface area contributed by atoms with Gasteiger partial charge in [-0.1, -0.05) is 27.6 Å². The van der Waals surface area contributed by atoms with Gasteiger partial charge in [0, 0.05) is 23.6 Å². The molecule has 0 saturated heterocycles. The monoisotopic (exact) mass is 265 g/mol. The molecular formula is C13H16BrN. The average molecular weight is 266 g/mol. The van der Waals surface area contributed by atoms with E-state index in [4.69, 9.17) is 0 Å². The Morgan fingerprint density at radius 3 is 2.87 bits per heavy atom. The molecule has 0 atom stereocenters. The Labute approximate surface area is 99.2 Å². The quantitative estimate of drug-likeness (QED) is 0.579. The molecule has 0 aliphatic heterocycles. The van der Waals surface area contributed by atoms with Crippen molar-refractivity contribution in [3.63, 3.8) is 0 Å². The molecule has 1 aromatic carbocycles. The van der Waals surface area contributed by atoms with Gasteiger partial charge in [-0.3, -0.25) is 0 Å². The van der Waals surface area contributed by atoms with Crippen LogP contribution in [0.1, 0.15) is 18.4 Å². The molecule has 0 amide bonds. The van der Waals surface area contributed by atoms with Gasteiger partial charge in [0.25, 0.3) is 0 Å². The molecule has 2 rings (SSSR count). The Kier molecular flexibility index (Phi) is 3.47. The van der Waals surface area contributed by atoms with E-state index in [9.17, 15) is 0 Å². The summed E-state index contributed by atoms with van der Waals surface area (Å²) in [5.74, 6) is 0. The number of aryl methyl sites for hydroxylation is 2. The Morgan fingerprint density at radius 2 is 2.07 bits per heavy atom. The molecule has 0 bridgehead atoms. The highest BCUT2D eigenvalue weighted by atomic mass is 79.9. The number of hydrogen-bond acceptors (Lipinski definition) is 0. The lowest BCUT2D eigenvalue weighted by molar-refractivity contribution is 0.655. The van der Waals surface area contributed by atoms with Crippen LogP contribution in [0.2, 0.25) is 0 Å². The van der Waals surface area contributed by atoms with Crippen molar-refractivity contribution in [2.24, 2.45) is 0 Å². The lowest BCUT2D eigenvalue weighted by Crippen LogP contribution is -1.95. The summed E-state index contributed by atoms with van der Waals surface area (Å²) in [6.45, 7) is 3.26. The maximum atomic E-state index is 3.46. The molecule has 1 aromatic heterocycles. The smallest absolute Gasteiger partial charge is 0.0480 e. The number of rotatable bonds is 4. The first-order valence-corrected chi connectivity index (χ1v) is 6.55. The zero-order valence-corrected chi connectivity index (χ0v) is 10.6. The average Bonchev–Trinajstić information content (AvgIpc) is 2.61. The van der Waals surface area contributed by atoms with Crippen LogP contribution >= 0.6 is 15.9 Å². The molecule has 80 valence electrons. The van der Waals surface area contributed by atoms with Gasteiger partial charge in [-0.25, -0.2) is 0 Å². The predicted octanol–water partition coefficient (Wildman–Crippen LogP) is 4.12. The first-order valence-electron chi connectivity index (χ1n) is 5.43. The van der Waals surface area contributed by atoms with E-state index in [1.165, 1.54) is 29.3 Å². The highest BCUT2D eigenvalue weighted by Crippen LogP contribution is 2.17. The molecule has 0 spiro atoms. The molecule has 1 nitrogen and oxygen atoms in total. The third kappa shape index (κ3) is 2.43. The van der Waals surface area contributed by atoms with E-state index in [2.05, 4.69) is 57.9 Å². The number of nitrogens with zero attached hydrogens (tertiary/aromatic N) is 1. The molecule has 15 heavy (non-hydrogen) atoms. The van der Waals surface area contributed by atoms with Crippen LogP contribution in [0.15, 0.2) is 30.5 Å². The molecule has 0 N–H and O–H groups in total. The first-order chi connectivity index (χ1) is 7.31. The Bertz CT molecular complexity index is 445. The fraction of sp³-hybridized carbons (Fsp3) is 0.385. The van der Waals surface area contributed by atoms with E-state index < -0.39 is 0 Å². The molecule has 0 aliphatic carbocycles. The molecule has 1 heterocycles. The van der Waals surface area contributed by atoms with Crippen molar-refractivity contribution < 1.29 is 0 Å². The van der Waals surface area contributed by atoms with Crippen LogP contribution < -0.4 is 0 Å². The number of aromatic nitrogens is 1. The van der Waals surface area contributed by atoms with Gasteiger partial charge < -0.3 is 4.57 Å². The third-order valence-electron chi connectivity index (χ3n) is 2.71. The Hall–Kier alpha value is -0.760. The van der Waals surface area contributed by atoms with E-state index in [0.29, 0.717) is 0 Å². The largest absolute Gasteiger partial charge is 0.347 e. The van der Waals surface area contributed by atoms with Gasteiger partial charge in [-0.15, -0.1) is 0 Å². The minimum Gasteiger partial charge on any atom is -0.347 e. The number of fused-ring (bicyclic) bond motifs is 1. The minimum atomic E-state index is 1.10. The second-order valence-corrected chi connectivity index (χ2v) is 4.76. The standard InChI is InChI=1S/C13H16BrN/c1-11-4-5-13-12(10-11)6-9-15(13)8-3-2-7-14/h4-6,9-10H,2-3,7-8H2,1H3. The number of hydrogen-bond donors (Lipinski definition) is 0. The van der Waals surface area contributed by atoms with Crippen molar-refractivity contribution in [1.29, 1.82) is 0 Å². The number of benzene rings is 1. The normalized spacial score (nSPS) is 11.1. The van der Waals surface area contributed by atoms with Crippen LogP contribution in [0.4, 0.5) is 0 Å². The van der Waals surface area contributed by atoms with Crippen molar-refractivity contribution in [3.05, 3.63) is 36.0 Å². The van der Waals surface area contributed by atoms with Crippen LogP contribution in [0.3, 0.4) is 0 Å². The summed E-state index contributed by atoms with van der Waals surface area (Å²) < 4.78 is 2.34. The number of halogens is 1. The highest BCUT2D eigenvalue weighted by molar-refractivity contribution is 9.09. The van der Waals surface area contributed by atoms with Gasteiger partial charge in [-0.2, -0.15) is 0 Å². The van der Waals surface area contributed by atoms with Gasteiger partial charge >= 0.3 is 0 Å². The maximum Gasteiger partial charge on any atom is 0.0480 e. The summed E-state index contributed by atoms with van der Waals surface area (Å²) in [7, 11) is 0. The molecular weight excluding hydrogens is 250 g/mol. The van der Waals surface area contributed by atoms with Crippen molar-refractivity contribution in [1.82, 2.24) is 4.57 Å². The summed E-state index contributed by atoms with van der Waals surface area (Å²) in [4.78, 5) is 0. The van der Waals surface area contributed by atoms with Crippen LogP contribution in [0.25, 0.3) is 10.9 Å². The molecule has 0 fully saturated rings. The highest BCUT2D eigenvalue weighted by Gasteiger charge is 2.00. The lowest BCUT2D eigenvalue weighted by Gasteiger charge is -2.04. The molecule has 2 aromatic rings. The van der Waals surface area contributed by atoms with Crippen LogP contribution in [0.5, 0.6) is 0 Å². The van der Waals surface area contributed by atoms with Crippen molar-refractivity contribution in [2.75, 3.05) is 5.33 Å². The van der Waals surface area contributed by atoms with Crippen LogP contribution in [-0.2, 0) is 6.54 Å². The maximum absolute atomic E-state index is 3.46. The Balaban J connectivity index is 2.21. The lowest BCUT2D eigenvalue weighted by atomic mass is 10.2. The van der Waals surface area contributed by atoms with Gasteiger partial charge in [0.05, 0.1) is 0 Å². The SMILES string of the molecule is Cc1ccc2c(ccn2CCCCBr)c1. The molecule has 0 saturated carbocycles. The topological polar surface area (TPSA) is 4.93 Å². The summed E-state index contributed by atoms with van der Waals surface area (Å²) in [6, 6.07) is 8.86. The van der Waals surface area contributed by atoms with Gasteiger partial charge in [-0.05, 0) is 43.4 Å².